The summed E-state index contributed by atoms with van der Waals surface area (Å²) in [4.78, 5) is 15.9. The first-order valence-corrected chi connectivity index (χ1v) is 8.04. The van der Waals surface area contributed by atoms with Crippen LogP contribution >= 0.6 is 24.0 Å². The number of nitrogens with two attached hydrogens (primary N) is 1. The molecule has 0 spiro atoms. The van der Waals surface area contributed by atoms with Crippen LogP contribution in [0.2, 0.25) is 0 Å². The van der Waals surface area contributed by atoms with Crippen LogP contribution in [0.25, 0.3) is 0 Å². The normalized spacial score (nSPS) is 10.7. The average molecular weight is 453 g/mol. The maximum absolute atomic E-state index is 11.6. The number of nitrogens with one attached hydrogen (secondary N) is 1. The van der Waals surface area contributed by atoms with E-state index in [2.05, 4.69) is 29.4 Å². The van der Waals surface area contributed by atoms with Crippen LogP contribution in [0.4, 0.5) is 5.69 Å². The molecule has 2 aromatic carbocycles. The Morgan fingerprint density at radius 1 is 1.12 bits per heavy atom. The van der Waals surface area contributed by atoms with E-state index >= 15 is 0 Å². The van der Waals surface area contributed by atoms with Gasteiger partial charge < -0.3 is 15.8 Å². The van der Waals surface area contributed by atoms with Crippen molar-refractivity contribution in [3.8, 4) is 0 Å². The Bertz CT molecular complexity index is 715. The van der Waals surface area contributed by atoms with Gasteiger partial charge in [0, 0.05) is 5.69 Å². The number of hydrogen-bond acceptors (Lipinski definition) is 3. The van der Waals surface area contributed by atoms with Gasteiger partial charge in [0.15, 0.2) is 5.96 Å². The number of halogens is 1. The molecule has 0 atom stereocenters. The first-order chi connectivity index (χ1) is 11.6. The monoisotopic (exact) mass is 453 g/mol. The van der Waals surface area contributed by atoms with E-state index < -0.39 is 0 Å². The topological polar surface area (TPSA) is 76.7 Å². The second-order valence-corrected chi connectivity index (χ2v) is 5.30. The second kappa shape index (κ2) is 10.7. The molecular formula is C19H24IN3O2. The van der Waals surface area contributed by atoms with Gasteiger partial charge >= 0.3 is 5.97 Å². The number of nitrogens with zero attached hydrogens (tertiary/aromatic N) is 1. The standard InChI is InChI=1S/C19H23N3O2.HI/c1-3-14-6-5-7-17(12-14)22-19(20)21-13-15-8-10-16(11-9-15)18(23)24-4-2;/h5-12H,3-4,13H2,1-2H3,(H3,20,21,22);1H. The van der Waals surface area contributed by atoms with E-state index in [1.165, 1.54) is 5.56 Å². The highest BCUT2D eigenvalue weighted by atomic mass is 127. The summed E-state index contributed by atoms with van der Waals surface area (Å²) in [6.07, 6.45) is 0.972. The van der Waals surface area contributed by atoms with Crippen molar-refractivity contribution >= 4 is 41.6 Å². The largest absolute Gasteiger partial charge is 0.462 e. The molecule has 0 heterocycles. The quantitative estimate of drug-likeness (QED) is 0.301. The molecule has 0 saturated heterocycles. The highest BCUT2D eigenvalue weighted by molar-refractivity contribution is 14.0. The predicted octanol–water partition coefficient (Wildman–Crippen LogP) is 3.97. The molecular weight excluding hydrogens is 429 g/mol. The van der Waals surface area contributed by atoms with E-state index in [0.29, 0.717) is 24.7 Å². The highest BCUT2D eigenvalue weighted by Gasteiger charge is 2.05. The fourth-order valence-corrected chi connectivity index (χ4v) is 2.19. The van der Waals surface area contributed by atoms with Crippen LogP contribution in [0, 0.1) is 0 Å². The molecule has 25 heavy (non-hydrogen) atoms. The maximum atomic E-state index is 11.6. The lowest BCUT2D eigenvalue weighted by Gasteiger charge is -2.07. The molecule has 0 radical (unpaired) electrons. The molecule has 2 rings (SSSR count). The molecule has 0 fully saturated rings. The van der Waals surface area contributed by atoms with Crippen LogP contribution in [0.3, 0.4) is 0 Å². The van der Waals surface area contributed by atoms with Gasteiger partial charge in [-0.25, -0.2) is 9.79 Å². The number of rotatable bonds is 6. The SMILES string of the molecule is CCOC(=O)c1ccc(CN=C(N)Nc2cccc(CC)c2)cc1.I. The zero-order chi connectivity index (χ0) is 17.4. The van der Waals surface area contributed by atoms with E-state index in [4.69, 9.17) is 10.5 Å². The van der Waals surface area contributed by atoms with E-state index in [1.807, 2.05) is 24.3 Å². The fourth-order valence-electron chi connectivity index (χ4n) is 2.19. The van der Waals surface area contributed by atoms with Gasteiger partial charge in [-0.2, -0.15) is 0 Å². The van der Waals surface area contributed by atoms with Crippen LogP contribution in [-0.4, -0.2) is 18.5 Å². The summed E-state index contributed by atoms with van der Waals surface area (Å²) in [5.41, 5.74) is 9.59. The van der Waals surface area contributed by atoms with Crippen molar-refractivity contribution < 1.29 is 9.53 Å². The molecule has 0 saturated carbocycles. The molecule has 2 aromatic rings. The number of esters is 1. The number of aryl methyl sites for hydroxylation is 1. The summed E-state index contributed by atoms with van der Waals surface area (Å²) in [6.45, 7) is 4.70. The van der Waals surface area contributed by atoms with Crippen molar-refractivity contribution in [2.45, 2.75) is 26.8 Å². The van der Waals surface area contributed by atoms with Gasteiger partial charge in [0.2, 0.25) is 0 Å². The van der Waals surface area contributed by atoms with Gasteiger partial charge in [-0.05, 0) is 48.7 Å². The first-order valence-electron chi connectivity index (χ1n) is 8.04. The minimum atomic E-state index is -0.315. The number of carbonyl (C=O) groups is 1. The third-order valence-corrected chi connectivity index (χ3v) is 3.50. The lowest BCUT2D eigenvalue weighted by molar-refractivity contribution is 0.0526. The number of hydrogen-bond donors (Lipinski definition) is 2. The Morgan fingerprint density at radius 3 is 2.48 bits per heavy atom. The Hall–Kier alpha value is -2.09. The summed E-state index contributed by atoms with van der Waals surface area (Å²) < 4.78 is 4.95. The number of carbonyl (C=O) groups excluding carboxylic acids is 1. The molecule has 0 bridgehead atoms. The Balaban J connectivity index is 0.00000312. The highest BCUT2D eigenvalue weighted by Crippen LogP contribution is 2.11. The molecule has 0 aliphatic heterocycles. The fraction of sp³-hybridized carbons (Fsp3) is 0.263. The first kappa shape index (κ1) is 21.0. The van der Waals surface area contributed by atoms with Crippen molar-refractivity contribution in [1.82, 2.24) is 0 Å². The van der Waals surface area contributed by atoms with Gasteiger partial charge in [0.05, 0.1) is 18.7 Å². The molecule has 0 amide bonds. The van der Waals surface area contributed by atoms with Crippen molar-refractivity contribution in [1.29, 1.82) is 0 Å². The Morgan fingerprint density at radius 2 is 1.84 bits per heavy atom. The summed E-state index contributed by atoms with van der Waals surface area (Å²) >= 11 is 0. The average Bonchev–Trinajstić information content (AvgIpc) is 2.61. The zero-order valence-corrected chi connectivity index (χ0v) is 16.8. The molecule has 0 aliphatic carbocycles. The van der Waals surface area contributed by atoms with Crippen LogP contribution in [-0.2, 0) is 17.7 Å². The predicted molar refractivity (Wildman–Crippen MR) is 113 cm³/mol. The second-order valence-electron chi connectivity index (χ2n) is 5.30. The number of guanidine groups is 1. The van der Waals surface area contributed by atoms with E-state index in [-0.39, 0.29) is 29.9 Å². The van der Waals surface area contributed by atoms with Crippen LogP contribution in [0.1, 0.15) is 35.3 Å². The van der Waals surface area contributed by atoms with Crippen molar-refractivity contribution in [3.63, 3.8) is 0 Å². The molecule has 6 heteroatoms. The molecule has 3 N–H and O–H groups in total. The number of aliphatic imine (C=N–C) groups is 1. The summed E-state index contributed by atoms with van der Waals surface area (Å²) in [7, 11) is 0. The number of anilines is 1. The summed E-state index contributed by atoms with van der Waals surface area (Å²) in [5.74, 6) is 0.0438. The molecule has 0 unspecified atom stereocenters. The van der Waals surface area contributed by atoms with E-state index in [1.54, 1.807) is 19.1 Å². The van der Waals surface area contributed by atoms with Gasteiger partial charge in [-0.15, -0.1) is 24.0 Å². The van der Waals surface area contributed by atoms with Crippen LogP contribution in [0.15, 0.2) is 53.5 Å². The smallest absolute Gasteiger partial charge is 0.338 e. The zero-order valence-electron chi connectivity index (χ0n) is 14.5. The maximum Gasteiger partial charge on any atom is 0.338 e. The van der Waals surface area contributed by atoms with Gasteiger partial charge in [-0.1, -0.05) is 31.2 Å². The minimum Gasteiger partial charge on any atom is -0.462 e. The lowest BCUT2D eigenvalue weighted by Crippen LogP contribution is -2.22. The third-order valence-electron chi connectivity index (χ3n) is 3.50. The molecule has 134 valence electrons. The summed E-state index contributed by atoms with van der Waals surface area (Å²) in [5, 5.41) is 3.09. The van der Waals surface area contributed by atoms with Crippen molar-refractivity contribution in [3.05, 3.63) is 65.2 Å². The van der Waals surface area contributed by atoms with Crippen LogP contribution in [0.5, 0.6) is 0 Å². The summed E-state index contributed by atoms with van der Waals surface area (Å²) in [6, 6.07) is 15.2. The third kappa shape index (κ3) is 6.74. The van der Waals surface area contributed by atoms with Gasteiger partial charge in [-0.3, -0.25) is 0 Å². The van der Waals surface area contributed by atoms with Gasteiger partial charge in [0.1, 0.15) is 0 Å². The van der Waals surface area contributed by atoms with E-state index in [9.17, 15) is 4.79 Å². The van der Waals surface area contributed by atoms with Crippen LogP contribution < -0.4 is 11.1 Å². The Labute approximate surface area is 165 Å². The molecule has 0 aromatic heterocycles. The van der Waals surface area contributed by atoms with E-state index in [0.717, 1.165) is 17.7 Å². The van der Waals surface area contributed by atoms with Crippen molar-refractivity contribution in [2.75, 3.05) is 11.9 Å². The van der Waals surface area contributed by atoms with Gasteiger partial charge in [0.25, 0.3) is 0 Å². The molecule has 5 nitrogen and oxygen atoms in total. The van der Waals surface area contributed by atoms with Crippen molar-refractivity contribution in [2.24, 2.45) is 10.7 Å². The minimum absolute atomic E-state index is 0. The number of benzene rings is 2. The molecule has 0 aliphatic rings. The number of ether oxygens (including phenoxy) is 1. The Kier molecular flexibility index (Phi) is 8.98. The lowest BCUT2D eigenvalue weighted by atomic mass is 10.1.